The van der Waals surface area contributed by atoms with E-state index in [0.717, 1.165) is 23.8 Å². The second-order valence-electron chi connectivity index (χ2n) is 4.54. The first-order valence-electron chi connectivity index (χ1n) is 6.21. The molecule has 1 aromatic rings. The molecule has 0 atom stereocenters. The third-order valence-corrected chi connectivity index (χ3v) is 3.30. The van der Waals surface area contributed by atoms with E-state index < -0.39 is 0 Å². The van der Waals surface area contributed by atoms with Crippen LogP contribution in [0.15, 0.2) is 24.3 Å². The maximum absolute atomic E-state index is 8.97. The molecule has 0 bridgehead atoms. The Morgan fingerprint density at radius 3 is 2.69 bits per heavy atom. The van der Waals surface area contributed by atoms with E-state index in [2.05, 4.69) is 0 Å². The molecule has 1 saturated carbocycles. The van der Waals surface area contributed by atoms with Gasteiger partial charge in [-0.25, -0.2) is 0 Å². The second-order valence-corrected chi connectivity index (χ2v) is 4.54. The van der Waals surface area contributed by atoms with E-state index in [-0.39, 0.29) is 6.61 Å². The highest BCUT2D eigenvalue weighted by Gasteiger charge is 2.15. The van der Waals surface area contributed by atoms with Crippen molar-refractivity contribution >= 4 is 0 Å². The molecule has 0 saturated heterocycles. The summed E-state index contributed by atoms with van der Waals surface area (Å²) in [6.45, 7) is 1.02. The van der Waals surface area contributed by atoms with Gasteiger partial charge in [-0.3, -0.25) is 0 Å². The Hall–Kier alpha value is -1.02. The first-order valence-corrected chi connectivity index (χ1v) is 6.21. The molecule has 0 amide bonds. The van der Waals surface area contributed by atoms with Crippen molar-refractivity contribution in [3.8, 4) is 5.75 Å². The Balaban J connectivity index is 1.91. The lowest BCUT2D eigenvalue weighted by atomic mass is 10.1. The second kappa shape index (κ2) is 5.90. The van der Waals surface area contributed by atoms with Crippen LogP contribution in [0.2, 0.25) is 0 Å². The molecule has 2 nitrogen and oxygen atoms in total. The lowest BCUT2D eigenvalue weighted by Crippen LogP contribution is -2.09. The number of aliphatic hydroxyl groups excluding tert-OH is 1. The van der Waals surface area contributed by atoms with Crippen LogP contribution in [0.4, 0.5) is 0 Å². The minimum absolute atomic E-state index is 0.184. The van der Waals surface area contributed by atoms with E-state index in [0.29, 0.717) is 6.42 Å². The normalized spacial score (nSPS) is 16.6. The van der Waals surface area contributed by atoms with Crippen LogP contribution in [0, 0.1) is 5.92 Å². The Morgan fingerprint density at radius 1 is 1.19 bits per heavy atom. The molecule has 1 aromatic carbocycles. The van der Waals surface area contributed by atoms with Crippen molar-refractivity contribution in [1.82, 2.24) is 0 Å². The summed E-state index contributed by atoms with van der Waals surface area (Å²) >= 11 is 0. The number of rotatable bonds is 5. The largest absolute Gasteiger partial charge is 0.493 e. The van der Waals surface area contributed by atoms with Gasteiger partial charge in [0.05, 0.1) is 6.61 Å². The molecule has 1 fully saturated rings. The van der Waals surface area contributed by atoms with Crippen molar-refractivity contribution < 1.29 is 9.84 Å². The standard InChI is InChI=1S/C14H20O2/c15-10-9-13-7-3-4-8-14(13)16-11-12-5-1-2-6-12/h3-4,7-8,12,15H,1-2,5-6,9-11H2. The summed E-state index contributed by atoms with van der Waals surface area (Å²) in [5.41, 5.74) is 1.11. The lowest BCUT2D eigenvalue weighted by Gasteiger charge is -2.14. The fourth-order valence-electron chi connectivity index (χ4n) is 2.36. The predicted molar refractivity (Wildman–Crippen MR) is 64.7 cm³/mol. The van der Waals surface area contributed by atoms with E-state index in [4.69, 9.17) is 9.84 Å². The summed E-state index contributed by atoms with van der Waals surface area (Å²) in [7, 11) is 0. The molecule has 0 aromatic heterocycles. The van der Waals surface area contributed by atoms with Crippen molar-refractivity contribution in [2.75, 3.05) is 13.2 Å². The third kappa shape index (κ3) is 2.99. The number of benzene rings is 1. The molecule has 0 unspecified atom stereocenters. The molecule has 2 heteroatoms. The number of hydrogen-bond donors (Lipinski definition) is 1. The summed E-state index contributed by atoms with van der Waals surface area (Å²) in [5.74, 6) is 1.69. The highest BCUT2D eigenvalue weighted by atomic mass is 16.5. The average Bonchev–Trinajstić information content (AvgIpc) is 2.81. The van der Waals surface area contributed by atoms with E-state index in [1.54, 1.807) is 0 Å². The van der Waals surface area contributed by atoms with E-state index >= 15 is 0 Å². The summed E-state index contributed by atoms with van der Waals surface area (Å²) < 4.78 is 5.86. The maximum atomic E-state index is 8.97. The average molecular weight is 220 g/mol. The van der Waals surface area contributed by atoms with Gasteiger partial charge >= 0.3 is 0 Å². The van der Waals surface area contributed by atoms with Gasteiger partial charge in [0.25, 0.3) is 0 Å². The van der Waals surface area contributed by atoms with Crippen molar-refractivity contribution in [2.24, 2.45) is 5.92 Å². The molecule has 1 N–H and O–H groups in total. The molecule has 88 valence electrons. The summed E-state index contributed by atoms with van der Waals surface area (Å²) in [6.07, 6.45) is 6.00. The predicted octanol–water partition coefficient (Wildman–Crippen LogP) is 2.79. The van der Waals surface area contributed by atoms with E-state index in [9.17, 15) is 0 Å². The minimum Gasteiger partial charge on any atom is -0.493 e. The maximum Gasteiger partial charge on any atom is 0.122 e. The van der Waals surface area contributed by atoms with Gasteiger partial charge in [0, 0.05) is 6.61 Å². The monoisotopic (exact) mass is 220 g/mol. The van der Waals surface area contributed by atoms with E-state index in [1.165, 1.54) is 25.7 Å². The molecule has 16 heavy (non-hydrogen) atoms. The van der Waals surface area contributed by atoms with Gasteiger partial charge in [-0.15, -0.1) is 0 Å². The zero-order valence-corrected chi connectivity index (χ0v) is 9.69. The van der Waals surface area contributed by atoms with Crippen LogP contribution in [-0.4, -0.2) is 18.3 Å². The Morgan fingerprint density at radius 2 is 1.94 bits per heavy atom. The van der Waals surface area contributed by atoms with Gasteiger partial charge in [0.1, 0.15) is 5.75 Å². The van der Waals surface area contributed by atoms with Crippen molar-refractivity contribution in [2.45, 2.75) is 32.1 Å². The Bertz CT molecular complexity index is 316. The minimum atomic E-state index is 0.184. The summed E-state index contributed by atoms with van der Waals surface area (Å²) in [6, 6.07) is 8.01. The van der Waals surface area contributed by atoms with Crippen LogP contribution >= 0.6 is 0 Å². The molecule has 1 aliphatic carbocycles. The first kappa shape index (κ1) is 11.5. The summed E-state index contributed by atoms with van der Waals surface area (Å²) in [5, 5.41) is 8.97. The number of para-hydroxylation sites is 1. The van der Waals surface area contributed by atoms with Crippen LogP contribution in [0.3, 0.4) is 0 Å². The molecule has 0 heterocycles. The van der Waals surface area contributed by atoms with Crippen LogP contribution in [0.1, 0.15) is 31.2 Å². The highest BCUT2D eigenvalue weighted by Crippen LogP contribution is 2.26. The van der Waals surface area contributed by atoms with Gasteiger partial charge in [0.2, 0.25) is 0 Å². The van der Waals surface area contributed by atoms with Crippen LogP contribution in [-0.2, 0) is 6.42 Å². The van der Waals surface area contributed by atoms with Gasteiger partial charge in [-0.05, 0) is 36.8 Å². The van der Waals surface area contributed by atoms with Gasteiger partial charge in [-0.1, -0.05) is 31.0 Å². The number of ether oxygens (including phenoxy) is 1. The number of aliphatic hydroxyl groups is 1. The Kier molecular flexibility index (Phi) is 4.23. The fraction of sp³-hybridized carbons (Fsp3) is 0.571. The molecule has 0 aliphatic heterocycles. The van der Waals surface area contributed by atoms with E-state index in [1.807, 2.05) is 24.3 Å². The van der Waals surface area contributed by atoms with Crippen LogP contribution in [0.5, 0.6) is 5.75 Å². The summed E-state index contributed by atoms with van der Waals surface area (Å²) in [4.78, 5) is 0. The first-order chi connectivity index (χ1) is 7.90. The lowest BCUT2D eigenvalue weighted by molar-refractivity contribution is 0.246. The van der Waals surface area contributed by atoms with Crippen molar-refractivity contribution in [3.63, 3.8) is 0 Å². The molecule has 1 aliphatic rings. The smallest absolute Gasteiger partial charge is 0.122 e. The molecule has 0 radical (unpaired) electrons. The molecule has 0 spiro atoms. The van der Waals surface area contributed by atoms with Gasteiger partial charge in [0.15, 0.2) is 0 Å². The zero-order valence-electron chi connectivity index (χ0n) is 9.69. The van der Waals surface area contributed by atoms with Gasteiger partial charge < -0.3 is 9.84 Å². The molecular weight excluding hydrogens is 200 g/mol. The highest BCUT2D eigenvalue weighted by molar-refractivity contribution is 5.33. The fourth-order valence-corrected chi connectivity index (χ4v) is 2.36. The number of hydrogen-bond acceptors (Lipinski definition) is 2. The quantitative estimate of drug-likeness (QED) is 0.826. The van der Waals surface area contributed by atoms with Gasteiger partial charge in [-0.2, -0.15) is 0 Å². The molecular formula is C14H20O2. The SMILES string of the molecule is OCCc1ccccc1OCC1CCCC1. The topological polar surface area (TPSA) is 29.5 Å². The Labute approximate surface area is 97.3 Å². The van der Waals surface area contributed by atoms with Crippen LogP contribution in [0.25, 0.3) is 0 Å². The third-order valence-electron chi connectivity index (χ3n) is 3.30. The van der Waals surface area contributed by atoms with Crippen LogP contribution < -0.4 is 4.74 Å². The van der Waals surface area contributed by atoms with Crippen molar-refractivity contribution in [1.29, 1.82) is 0 Å². The molecule has 2 rings (SSSR count). The van der Waals surface area contributed by atoms with Crippen molar-refractivity contribution in [3.05, 3.63) is 29.8 Å². The zero-order chi connectivity index (χ0) is 11.2.